The van der Waals surface area contributed by atoms with E-state index in [1.807, 2.05) is 44.2 Å². The molecule has 23 heavy (non-hydrogen) atoms. The van der Waals surface area contributed by atoms with Gasteiger partial charge in [-0.05, 0) is 37.8 Å². The van der Waals surface area contributed by atoms with Crippen LogP contribution >= 0.6 is 0 Å². The molecule has 1 aliphatic rings. The third kappa shape index (κ3) is 6.82. The smallest absolute Gasteiger partial charge is 0.309 e. The van der Waals surface area contributed by atoms with Crippen LogP contribution in [0, 0.1) is 11.8 Å². The standard InChI is InChI=1S/C12H17NO2.C6H10O2/c1-2-10(8-9-14)12(15)13-11-6-4-3-5-7-11;1-2-5-3-4-8-6(5)7/h3-7,10,14H,2,8-9H2,1H3,(H,13,15);5H,2-4H2,1H3. The Bertz CT molecular complexity index is 475. The number of carbonyl (C=O) groups is 2. The van der Waals surface area contributed by atoms with Gasteiger partial charge >= 0.3 is 5.97 Å². The van der Waals surface area contributed by atoms with Gasteiger partial charge in [0.25, 0.3) is 0 Å². The maximum Gasteiger partial charge on any atom is 0.309 e. The van der Waals surface area contributed by atoms with Crippen molar-refractivity contribution in [1.82, 2.24) is 0 Å². The SMILES string of the molecule is CCC(CCO)C(=O)Nc1ccccc1.CCC1CCOC1=O. The van der Waals surface area contributed by atoms with Crippen molar-refractivity contribution in [3.63, 3.8) is 0 Å². The highest BCUT2D eigenvalue weighted by atomic mass is 16.5. The number of amides is 1. The monoisotopic (exact) mass is 321 g/mol. The second-order valence-electron chi connectivity index (χ2n) is 5.53. The van der Waals surface area contributed by atoms with E-state index in [9.17, 15) is 9.59 Å². The van der Waals surface area contributed by atoms with Crippen LogP contribution in [0.5, 0.6) is 0 Å². The predicted octanol–water partition coefficient (Wildman–Crippen LogP) is 2.99. The highest BCUT2D eigenvalue weighted by Crippen LogP contribution is 2.16. The van der Waals surface area contributed by atoms with Gasteiger partial charge in [0.2, 0.25) is 5.91 Å². The Balaban J connectivity index is 0.000000277. The van der Waals surface area contributed by atoms with Gasteiger partial charge in [0.05, 0.1) is 12.5 Å². The van der Waals surface area contributed by atoms with Gasteiger partial charge in [-0.2, -0.15) is 0 Å². The summed E-state index contributed by atoms with van der Waals surface area (Å²) in [7, 11) is 0. The Morgan fingerprint density at radius 2 is 2.04 bits per heavy atom. The van der Waals surface area contributed by atoms with E-state index in [-0.39, 0.29) is 30.3 Å². The fraction of sp³-hybridized carbons (Fsp3) is 0.556. The molecule has 0 aliphatic carbocycles. The number of ether oxygens (including phenoxy) is 1. The summed E-state index contributed by atoms with van der Waals surface area (Å²) >= 11 is 0. The summed E-state index contributed by atoms with van der Waals surface area (Å²) in [6.45, 7) is 4.65. The number of hydrogen-bond acceptors (Lipinski definition) is 4. The molecule has 0 bridgehead atoms. The number of nitrogens with one attached hydrogen (secondary N) is 1. The van der Waals surface area contributed by atoms with Crippen LogP contribution in [0.1, 0.15) is 39.5 Å². The van der Waals surface area contributed by atoms with Gasteiger partial charge in [0.15, 0.2) is 0 Å². The minimum Gasteiger partial charge on any atom is -0.465 e. The van der Waals surface area contributed by atoms with E-state index in [2.05, 4.69) is 5.32 Å². The van der Waals surface area contributed by atoms with Crippen LogP contribution in [0.2, 0.25) is 0 Å². The van der Waals surface area contributed by atoms with Crippen LogP contribution in [0.3, 0.4) is 0 Å². The first-order chi connectivity index (χ1) is 11.1. The normalized spacial score (nSPS) is 17.7. The van der Waals surface area contributed by atoms with Crippen LogP contribution in [0.4, 0.5) is 5.69 Å². The van der Waals surface area contributed by atoms with Crippen LogP contribution in [0.15, 0.2) is 30.3 Å². The summed E-state index contributed by atoms with van der Waals surface area (Å²) in [5.74, 6) is 0.0791. The molecule has 128 valence electrons. The Morgan fingerprint density at radius 1 is 1.35 bits per heavy atom. The third-order valence-corrected chi connectivity index (χ3v) is 3.92. The lowest BCUT2D eigenvalue weighted by atomic mass is 10.0. The molecule has 2 unspecified atom stereocenters. The van der Waals surface area contributed by atoms with Gasteiger partial charge in [-0.1, -0.05) is 32.0 Å². The molecule has 5 nitrogen and oxygen atoms in total. The van der Waals surface area contributed by atoms with Gasteiger partial charge in [-0.3, -0.25) is 9.59 Å². The van der Waals surface area contributed by atoms with Gasteiger partial charge in [0, 0.05) is 18.2 Å². The number of aliphatic hydroxyl groups excluding tert-OH is 1. The van der Waals surface area contributed by atoms with E-state index in [4.69, 9.17) is 9.84 Å². The minimum atomic E-state index is -0.102. The van der Waals surface area contributed by atoms with Gasteiger partial charge in [0.1, 0.15) is 0 Å². The second kappa shape index (κ2) is 10.8. The summed E-state index contributed by atoms with van der Waals surface area (Å²) in [6.07, 6.45) is 3.13. The second-order valence-corrected chi connectivity index (χ2v) is 5.53. The fourth-order valence-corrected chi connectivity index (χ4v) is 2.35. The molecule has 5 heteroatoms. The first-order valence-electron chi connectivity index (χ1n) is 8.25. The first kappa shape index (κ1) is 19.2. The van der Waals surface area contributed by atoms with E-state index in [0.717, 1.165) is 24.9 Å². The molecule has 1 aromatic rings. The molecule has 1 heterocycles. The van der Waals surface area contributed by atoms with E-state index >= 15 is 0 Å². The van der Waals surface area contributed by atoms with Gasteiger partial charge < -0.3 is 15.2 Å². The van der Waals surface area contributed by atoms with Crippen molar-refractivity contribution >= 4 is 17.6 Å². The number of benzene rings is 1. The third-order valence-electron chi connectivity index (χ3n) is 3.92. The average molecular weight is 321 g/mol. The van der Waals surface area contributed by atoms with Crippen molar-refractivity contribution in [2.24, 2.45) is 11.8 Å². The van der Waals surface area contributed by atoms with Crippen LogP contribution in [-0.2, 0) is 14.3 Å². The van der Waals surface area contributed by atoms with Crippen LogP contribution in [0.25, 0.3) is 0 Å². The van der Waals surface area contributed by atoms with Crippen molar-refractivity contribution in [3.8, 4) is 0 Å². The Morgan fingerprint density at radius 3 is 2.48 bits per heavy atom. The molecule has 0 aromatic heterocycles. The number of esters is 1. The Kier molecular flexibility index (Phi) is 8.98. The lowest BCUT2D eigenvalue weighted by Crippen LogP contribution is -2.23. The fourth-order valence-electron chi connectivity index (χ4n) is 2.35. The number of para-hydroxylation sites is 1. The quantitative estimate of drug-likeness (QED) is 0.790. The molecule has 0 spiro atoms. The Labute approximate surface area is 138 Å². The van der Waals surface area contributed by atoms with E-state index in [0.29, 0.717) is 13.0 Å². The molecule has 2 N–H and O–H groups in total. The number of cyclic esters (lactones) is 1. The lowest BCUT2D eigenvalue weighted by molar-refractivity contribution is -0.141. The number of hydrogen-bond donors (Lipinski definition) is 2. The summed E-state index contributed by atoms with van der Waals surface area (Å²) in [5, 5.41) is 11.6. The molecule has 1 amide bonds. The highest BCUT2D eigenvalue weighted by molar-refractivity contribution is 5.92. The molecular formula is C18H27NO4. The maximum absolute atomic E-state index is 11.7. The maximum atomic E-state index is 11.7. The summed E-state index contributed by atoms with van der Waals surface area (Å²) < 4.78 is 4.72. The number of rotatable bonds is 6. The summed E-state index contributed by atoms with van der Waals surface area (Å²) in [5.41, 5.74) is 0.805. The largest absolute Gasteiger partial charge is 0.465 e. The molecule has 1 fully saturated rings. The summed E-state index contributed by atoms with van der Waals surface area (Å²) in [4.78, 5) is 22.3. The molecule has 1 aromatic carbocycles. The van der Waals surface area contributed by atoms with Crippen molar-refractivity contribution in [3.05, 3.63) is 30.3 Å². The number of aliphatic hydroxyl groups is 1. The summed E-state index contributed by atoms with van der Waals surface area (Å²) in [6, 6.07) is 9.36. The predicted molar refractivity (Wildman–Crippen MR) is 89.9 cm³/mol. The molecule has 0 radical (unpaired) electrons. The van der Waals surface area contributed by atoms with Crippen LogP contribution < -0.4 is 5.32 Å². The van der Waals surface area contributed by atoms with Crippen molar-refractivity contribution in [2.45, 2.75) is 39.5 Å². The van der Waals surface area contributed by atoms with Gasteiger partial charge in [-0.15, -0.1) is 0 Å². The van der Waals surface area contributed by atoms with Crippen LogP contribution in [-0.4, -0.2) is 30.2 Å². The van der Waals surface area contributed by atoms with Crippen molar-refractivity contribution < 1.29 is 19.4 Å². The minimum absolute atomic E-state index is 0.00694. The zero-order valence-corrected chi connectivity index (χ0v) is 14.0. The molecule has 1 saturated heterocycles. The van der Waals surface area contributed by atoms with Gasteiger partial charge in [-0.25, -0.2) is 0 Å². The molecule has 2 rings (SSSR count). The molecule has 1 aliphatic heterocycles. The average Bonchev–Trinajstić information content (AvgIpc) is 2.99. The van der Waals surface area contributed by atoms with E-state index in [1.165, 1.54) is 0 Å². The topological polar surface area (TPSA) is 75.6 Å². The van der Waals surface area contributed by atoms with E-state index < -0.39 is 0 Å². The first-order valence-corrected chi connectivity index (χ1v) is 8.25. The van der Waals surface area contributed by atoms with Crippen molar-refractivity contribution in [1.29, 1.82) is 0 Å². The van der Waals surface area contributed by atoms with Crippen molar-refractivity contribution in [2.75, 3.05) is 18.5 Å². The lowest BCUT2D eigenvalue weighted by Gasteiger charge is -2.13. The van der Waals surface area contributed by atoms with E-state index in [1.54, 1.807) is 0 Å². The molecule has 0 saturated carbocycles. The number of carbonyl (C=O) groups excluding carboxylic acids is 2. The number of anilines is 1. The highest BCUT2D eigenvalue weighted by Gasteiger charge is 2.23. The zero-order chi connectivity index (χ0) is 17.1. The molecule has 2 atom stereocenters. The zero-order valence-electron chi connectivity index (χ0n) is 14.0. The Hall–Kier alpha value is -1.88. The molecular weight excluding hydrogens is 294 g/mol.